The maximum absolute atomic E-state index is 16.8. The average molecular weight is 1130 g/mol. The van der Waals surface area contributed by atoms with E-state index in [9.17, 15) is 23.6 Å². The van der Waals surface area contributed by atoms with Crippen molar-refractivity contribution < 1.29 is 45.9 Å². The number of primary amides is 1. The Morgan fingerprint density at radius 3 is 1.83 bits per heavy atom. The smallest absolute Gasteiger partial charge is 0.407 e. The van der Waals surface area contributed by atoms with Gasteiger partial charge in [0.15, 0.2) is 11.6 Å². The molecule has 4 amide bonds. The summed E-state index contributed by atoms with van der Waals surface area (Å²) in [6.07, 6.45) is 4.87. The van der Waals surface area contributed by atoms with Crippen LogP contribution in [0.2, 0.25) is 0 Å². The lowest BCUT2D eigenvalue weighted by Gasteiger charge is -2.39. The van der Waals surface area contributed by atoms with Gasteiger partial charge in [-0.2, -0.15) is 0 Å². The third-order valence-electron chi connectivity index (χ3n) is 15.4. The Morgan fingerprint density at radius 2 is 1.32 bits per heavy atom. The number of carbonyl (C=O) groups is 4. The standard InChI is InChI=1S/C52H60F5N9O3.C6H12O.C2H6N2O/c1-7-8-11-30(5)49-58-39-24-32(35(54)26-41(39)59-49)43-15-16-44(66(43)31-22-37(56)48(38(57)23-31)64-20-18-63(19-21-64)47-29(4)12-9-13-34(47)53)33-25-40-42(27-36(33)55)61-50(60-40)45-14-10-17-65(45)51(67)46(28(2)3)62-52(68)69-6;1-5(2)4-6(3)7;1-4-2(3)5/h9,12-13,22-28,30,43-46H,7-8,10-11,14-21H2,1-6H3,(H,58,59)(H,60,61)(H,62,68);5H,4H2,1-3H3;1H3,(H3,3,4,5)/t30-,43?,44+,45?,46?;;/m0../s1. The van der Waals surface area contributed by atoms with Crippen LogP contribution in [0.4, 0.5) is 48.6 Å². The summed E-state index contributed by atoms with van der Waals surface area (Å²) in [5.41, 5.74) is 8.10. The zero-order valence-electron chi connectivity index (χ0n) is 48.1. The molecule has 3 saturated heterocycles. The van der Waals surface area contributed by atoms with Gasteiger partial charge >= 0.3 is 12.1 Å². The van der Waals surface area contributed by atoms with Crippen molar-refractivity contribution in [2.24, 2.45) is 17.6 Å². The Balaban J connectivity index is 0.000000712. The van der Waals surface area contributed by atoms with E-state index in [1.54, 1.807) is 39.8 Å². The number of carbonyl (C=O) groups excluding carboxylic acids is 4. The molecule has 81 heavy (non-hydrogen) atoms. The number of benzene rings is 4. The summed E-state index contributed by atoms with van der Waals surface area (Å²) in [7, 11) is 2.71. The SMILES string of the molecule is CC(=O)CC(C)C.CCCC[C@H](C)c1nc2cc(F)c(C3CC[C@H](c4cc5[nH]c(C6CCCN6C(=O)C(NC(=O)OC)C(C)C)nc5cc4F)N3c3cc(F)c(N4CCN(c5c(C)cccc5F)CC4)c(F)c3)cc2[nH]1.CNC(N)=O. The third kappa shape index (κ3) is 14.2. The average Bonchev–Trinajstić information content (AvgIpc) is 4.35. The minimum Gasteiger partial charge on any atom is -0.453 e. The monoisotopic (exact) mass is 1130 g/mol. The first-order valence-corrected chi connectivity index (χ1v) is 28.1. The first kappa shape index (κ1) is 61.2. The lowest BCUT2D eigenvalue weighted by molar-refractivity contribution is -0.135. The number of ether oxygens (including phenoxy) is 1. The van der Waals surface area contributed by atoms with Crippen molar-refractivity contribution in [3.05, 3.63) is 112 Å². The highest BCUT2D eigenvalue weighted by molar-refractivity contribution is 5.87. The second-order valence-corrected chi connectivity index (χ2v) is 22.2. The summed E-state index contributed by atoms with van der Waals surface area (Å²) in [6.45, 7) is 17.0. The van der Waals surface area contributed by atoms with Crippen molar-refractivity contribution in [2.45, 2.75) is 137 Å². The van der Waals surface area contributed by atoms with E-state index in [0.29, 0.717) is 84.8 Å². The number of hydrogen-bond acceptors (Lipinski definition) is 10. The van der Waals surface area contributed by atoms with Crippen LogP contribution >= 0.6 is 0 Å². The number of amides is 4. The lowest BCUT2D eigenvalue weighted by atomic mass is 10.0. The highest BCUT2D eigenvalue weighted by Crippen LogP contribution is 2.50. The molecule has 5 atom stereocenters. The fourth-order valence-corrected chi connectivity index (χ4v) is 11.4. The number of nitrogens with zero attached hydrogens (tertiary/aromatic N) is 6. The number of imidazole rings is 2. The van der Waals surface area contributed by atoms with E-state index < -0.39 is 59.6 Å². The van der Waals surface area contributed by atoms with Crippen molar-refractivity contribution in [1.29, 1.82) is 0 Å². The maximum Gasteiger partial charge on any atom is 0.407 e. The number of anilines is 3. The number of urea groups is 1. The van der Waals surface area contributed by atoms with Crippen molar-refractivity contribution in [2.75, 3.05) is 61.6 Å². The topological polar surface area (TPSA) is 198 Å². The molecule has 6 aromatic rings. The molecule has 4 aromatic carbocycles. The zero-order valence-corrected chi connectivity index (χ0v) is 48.1. The number of alkyl carbamates (subject to hydrolysis) is 1. The zero-order chi connectivity index (χ0) is 59.0. The number of piperazine rings is 1. The molecule has 0 bridgehead atoms. The molecule has 3 aliphatic heterocycles. The molecule has 438 valence electrons. The number of fused-ring (bicyclic) bond motifs is 2. The van der Waals surface area contributed by atoms with Crippen LogP contribution < -0.4 is 31.1 Å². The van der Waals surface area contributed by atoms with Crippen LogP contribution in [0, 0.1) is 47.8 Å². The van der Waals surface area contributed by atoms with Crippen molar-refractivity contribution >= 4 is 62.9 Å². The molecule has 16 nitrogen and oxygen atoms in total. The van der Waals surface area contributed by atoms with E-state index in [-0.39, 0.29) is 64.9 Å². The van der Waals surface area contributed by atoms with Crippen LogP contribution in [0.1, 0.15) is 152 Å². The second kappa shape index (κ2) is 26.9. The van der Waals surface area contributed by atoms with E-state index >= 15 is 17.6 Å². The Morgan fingerprint density at radius 1 is 0.753 bits per heavy atom. The molecule has 2 aromatic heterocycles. The summed E-state index contributed by atoms with van der Waals surface area (Å²) < 4.78 is 86.4. The molecule has 0 saturated carbocycles. The number of aryl methyl sites for hydroxylation is 1. The van der Waals surface area contributed by atoms with Crippen LogP contribution in [0.25, 0.3) is 22.1 Å². The third-order valence-corrected chi connectivity index (χ3v) is 15.4. The van der Waals surface area contributed by atoms with Gasteiger partial charge in [-0.1, -0.05) is 66.5 Å². The fourth-order valence-electron chi connectivity index (χ4n) is 11.4. The minimum absolute atomic E-state index is 0.116. The molecular formula is C60H78F5N11O5. The summed E-state index contributed by atoms with van der Waals surface area (Å²) in [6, 6.07) is 10.1. The van der Waals surface area contributed by atoms with Gasteiger partial charge in [-0.3, -0.25) is 4.79 Å². The molecule has 3 fully saturated rings. The Hall–Kier alpha value is -7.45. The van der Waals surface area contributed by atoms with Gasteiger partial charge in [-0.05, 0) is 93.7 Å². The van der Waals surface area contributed by atoms with Crippen LogP contribution in [-0.2, 0) is 14.3 Å². The number of nitrogens with two attached hydrogens (primary N) is 1. The number of nitrogens with one attached hydrogen (secondary N) is 4. The first-order valence-electron chi connectivity index (χ1n) is 28.1. The summed E-state index contributed by atoms with van der Waals surface area (Å²) in [5, 5.41) is 4.82. The number of rotatable bonds is 15. The van der Waals surface area contributed by atoms with E-state index in [1.807, 2.05) is 45.6 Å². The number of ketones is 1. The van der Waals surface area contributed by atoms with Gasteiger partial charge in [-0.25, -0.2) is 41.5 Å². The maximum atomic E-state index is 16.8. The normalized spacial score (nSPS) is 18.0. The number of methoxy groups -OCH3 is 1. The highest BCUT2D eigenvalue weighted by Gasteiger charge is 2.41. The molecule has 3 unspecified atom stereocenters. The molecule has 9 rings (SSSR count). The molecule has 0 spiro atoms. The molecular weight excluding hydrogens is 1050 g/mol. The number of H-pyrrole nitrogens is 2. The number of hydrogen-bond donors (Lipinski definition) is 5. The quantitative estimate of drug-likeness (QED) is 0.0617. The van der Waals surface area contributed by atoms with Crippen molar-refractivity contribution in [3.63, 3.8) is 0 Å². The van der Waals surface area contributed by atoms with Crippen LogP contribution in [0.3, 0.4) is 0 Å². The fraction of sp³-hybridized carbons (Fsp3) is 0.500. The molecule has 0 radical (unpaired) electrons. The number of Topliss-reactive ketones (excluding diaryl/α,β-unsaturated/α-hetero) is 1. The number of likely N-dealkylation sites (tertiary alicyclic amines) is 1. The van der Waals surface area contributed by atoms with Gasteiger partial charge in [0.1, 0.15) is 46.6 Å². The Bertz CT molecular complexity index is 3150. The molecule has 0 aliphatic carbocycles. The molecule has 5 heterocycles. The van der Waals surface area contributed by atoms with Gasteiger partial charge in [-0.15, -0.1) is 0 Å². The Kier molecular flexibility index (Phi) is 20.3. The van der Waals surface area contributed by atoms with Gasteiger partial charge in [0.05, 0.1) is 53.0 Å². The van der Waals surface area contributed by atoms with Gasteiger partial charge in [0.25, 0.3) is 0 Å². The van der Waals surface area contributed by atoms with Gasteiger partial charge in [0.2, 0.25) is 5.91 Å². The Labute approximate surface area is 470 Å². The minimum atomic E-state index is -0.841. The van der Waals surface area contributed by atoms with Crippen molar-refractivity contribution in [3.8, 4) is 0 Å². The van der Waals surface area contributed by atoms with E-state index in [1.165, 1.54) is 44.5 Å². The lowest BCUT2D eigenvalue weighted by Crippen LogP contribution is -2.51. The summed E-state index contributed by atoms with van der Waals surface area (Å²) in [5.74, 6) is -1.54. The largest absolute Gasteiger partial charge is 0.453 e. The number of para-hydroxylation sites is 1. The number of halogens is 5. The van der Waals surface area contributed by atoms with E-state index in [2.05, 4.69) is 40.2 Å². The van der Waals surface area contributed by atoms with Crippen molar-refractivity contribution in [1.82, 2.24) is 35.5 Å². The first-order chi connectivity index (χ1) is 38.5. The number of aromatic nitrogens is 4. The van der Waals surface area contributed by atoms with Crippen LogP contribution in [0.15, 0.2) is 54.6 Å². The van der Waals surface area contributed by atoms with Gasteiger partial charge < -0.3 is 55.5 Å². The second-order valence-electron chi connectivity index (χ2n) is 22.2. The van der Waals surface area contributed by atoms with E-state index in [4.69, 9.17) is 14.7 Å². The summed E-state index contributed by atoms with van der Waals surface area (Å²) >= 11 is 0. The number of aromatic amines is 2. The molecule has 6 N–H and O–H groups in total. The molecule has 3 aliphatic rings. The van der Waals surface area contributed by atoms with Gasteiger partial charge in [0, 0.05) is 81.1 Å². The van der Waals surface area contributed by atoms with Crippen LogP contribution in [0.5, 0.6) is 0 Å². The predicted molar refractivity (Wildman–Crippen MR) is 306 cm³/mol. The predicted octanol–water partition coefficient (Wildman–Crippen LogP) is 12.1. The van der Waals surface area contributed by atoms with Crippen LogP contribution in [-0.4, -0.2) is 102 Å². The van der Waals surface area contributed by atoms with E-state index in [0.717, 1.165) is 37.1 Å². The highest BCUT2D eigenvalue weighted by atomic mass is 19.1. The molecule has 21 heteroatoms. The number of unbranched alkanes of at least 4 members (excludes halogenated alkanes) is 1. The summed E-state index contributed by atoms with van der Waals surface area (Å²) in [4.78, 5) is 68.9.